The van der Waals surface area contributed by atoms with E-state index in [4.69, 9.17) is 20.4 Å². The number of nitrogens with zero attached hydrogens (tertiary/aromatic N) is 8. The van der Waals surface area contributed by atoms with Gasteiger partial charge in [0, 0.05) is 131 Å². The second kappa shape index (κ2) is 29.4. The molecule has 0 radical (unpaired) electrons. The van der Waals surface area contributed by atoms with E-state index in [1.807, 2.05) is 0 Å². The molecule has 46 heavy (non-hydrogen) atoms. The molecule has 0 aromatic carbocycles. The maximum atomic E-state index is 8.73. The van der Waals surface area contributed by atoms with Crippen molar-refractivity contribution < 1.29 is 20.4 Å². The maximum absolute atomic E-state index is 8.73. The summed E-state index contributed by atoms with van der Waals surface area (Å²) in [5.74, 6) is 0. The number of likely N-dealkylation sites (N-methyl/N-ethyl adjacent to an activating group) is 2. The lowest BCUT2D eigenvalue weighted by Crippen LogP contribution is -2.47. The fraction of sp³-hybridized carbons (Fsp3) is 1.00. The standard InChI is InChI=1S/2C9H20N2O.2C8H18N2O/c2*1-2-3-10-4-6-11(7-5-10)8-9-12;2*1-2-9-3-5-10(6-4-9)7-8-11/h2*12H,2-9H2,1H3;2*11H,2-8H2,1H3. The fourth-order valence-electron chi connectivity index (χ4n) is 6.33. The van der Waals surface area contributed by atoms with Crippen molar-refractivity contribution >= 4 is 0 Å². The average Bonchev–Trinajstić information content (AvgIpc) is 3.09. The lowest BCUT2D eigenvalue weighted by molar-refractivity contribution is 0.113. The monoisotopic (exact) mass is 661 g/mol. The quantitative estimate of drug-likeness (QED) is 0.188. The van der Waals surface area contributed by atoms with Gasteiger partial charge < -0.3 is 40.0 Å². The molecule has 0 aromatic rings. The number of β-amino-alcohol motifs (C(OH)–C–C–N with tert-alkyl or cyclic N) is 4. The van der Waals surface area contributed by atoms with Gasteiger partial charge in [0.25, 0.3) is 0 Å². The van der Waals surface area contributed by atoms with Crippen molar-refractivity contribution in [3.63, 3.8) is 0 Å². The van der Waals surface area contributed by atoms with Crippen LogP contribution < -0.4 is 0 Å². The largest absolute Gasteiger partial charge is 0.395 e. The van der Waals surface area contributed by atoms with Crippen molar-refractivity contribution in [1.29, 1.82) is 0 Å². The normalized spacial score (nSPS) is 21.9. The molecule has 0 amide bonds. The van der Waals surface area contributed by atoms with Crippen LogP contribution in [0.1, 0.15) is 40.5 Å². The number of piperazine rings is 4. The third-order valence-corrected chi connectivity index (χ3v) is 9.50. The second-order valence-corrected chi connectivity index (χ2v) is 12.8. The SMILES string of the molecule is CCCN1CCN(CCO)CC1.CCCN1CCN(CCO)CC1.CCN1CCN(CCO)CC1.CCN1CCN(CCO)CC1. The van der Waals surface area contributed by atoms with E-state index in [1.165, 1.54) is 52.1 Å². The van der Waals surface area contributed by atoms with Gasteiger partial charge in [-0.3, -0.25) is 19.6 Å². The van der Waals surface area contributed by atoms with Gasteiger partial charge in [-0.15, -0.1) is 0 Å². The van der Waals surface area contributed by atoms with Crippen LogP contribution in [0, 0.1) is 0 Å². The minimum Gasteiger partial charge on any atom is -0.395 e. The Morgan fingerprint density at radius 1 is 0.283 bits per heavy atom. The van der Waals surface area contributed by atoms with Crippen LogP contribution in [0.4, 0.5) is 0 Å². The Bertz CT molecular complexity index is 557. The van der Waals surface area contributed by atoms with Crippen molar-refractivity contribution in [1.82, 2.24) is 39.2 Å². The molecule has 4 N–H and O–H groups in total. The van der Waals surface area contributed by atoms with Crippen LogP contribution in [0.15, 0.2) is 0 Å². The molecule has 0 aliphatic carbocycles. The zero-order valence-corrected chi connectivity index (χ0v) is 30.6. The highest BCUT2D eigenvalue weighted by Gasteiger charge is 2.17. The minimum atomic E-state index is 0.298. The van der Waals surface area contributed by atoms with Crippen LogP contribution in [0.3, 0.4) is 0 Å². The van der Waals surface area contributed by atoms with E-state index in [-0.39, 0.29) is 0 Å². The third kappa shape index (κ3) is 20.8. The van der Waals surface area contributed by atoms with Gasteiger partial charge in [-0.05, 0) is 39.0 Å². The van der Waals surface area contributed by atoms with Crippen molar-refractivity contribution in [3.8, 4) is 0 Å². The van der Waals surface area contributed by atoms with E-state index in [2.05, 4.69) is 66.9 Å². The Kier molecular flexibility index (Phi) is 27.9. The van der Waals surface area contributed by atoms with Gasteiger partial charge >= 0.3 is 0 Å². The van der Waals surface area contributed by atoms with Gasteiger partial charge in [-0.2, -0.15) is 0 Å². The van der Waals surface area contributed by atoms with Crippen LogP contribution in [-0.4, -0.2) is 243 Å². The topological polar surface area (TPSA) is 107 Å². The molecular formula is C34H76N8O4. The molecule has 0 spiro atoms. The van der Waals surface area contributed by atoms with Crippen LogP contribution in [-0.2, 0) is 0 Å². The zero-order chi connectivity index (χ0) is 33.8. The predicted molar refractivity (Wildman–Crippen MR) is 192 cm³/mol. The van der Waals surface area contributed by atoms with Crippen LogP contribution in [0.5, 0.6) is 0 Å². The Hall–Kier alpha value is -0.480. The summed E-state index contributed by atoms with van der Waals surface area (Å²) in [5, 5.41) is 34.8. The molecule has 12 nitrogen and oxygen atoms in total. The molecule has 0 bridgehead atoms. The summed E-state index contributed by atoms with van der Waals surface area (Å²) in [7, 11) is 0. The molecule has 4 fully saturated rings. The molecule has 0 atom stereocenters. The van der Waals surface area contributed by atoms with E-state index in [0.717, 1.165) is 118 Å². The summed E-state index contributed by atoms with van der Waals surface area (Å²) in [5.41, 5.74) is 0. The first kappa shape index (κ1) is 43.5. The molecule has 4 rings (SSSR count). The Morgan fingerprint density at radius 2 is 0.457 bits per heavy atom. The van der Waals surface area contributed by atoms with E-state index >= 15 is 0 Å². The van der Waals surface area contributed by atoms with Crippen molar-refractivity contribution in [2.24, 2.45) is 0 Å². The Labute approximate surface area is 283 Å². The average molecular weight is 661 g/mol. The highest BCUT2D eigenvalue weighted by Crippen LogP contribution is 2.03. The van der Waals surface area contributed by atoms with Crippen molar-refractivity contribution in [2.75, 3.05) is 184 Å². The first-order valence-corrected chi connectivity index (χ1v) is 18.7. The van der Waals surface area contributed by atoms with Crippen molar-refractivity contribution in [2.45, 2.75) is 40.5 Å². The summed E-state index contributed by atoms with van der Waals surface area (Å²) in [6, 6.07) is 0. The Morgan fingerprint density at radius 3 is 0.609 bits per heavy atom. The van der Waals surface area contributed by atoms with Crippen LogP contribution in [0.2, 0.25) is 0 Å². The predicted octanol–water partition coefficient (Wildman–Crippen LogP) is -0.755. The lowest BCUT2D eigenvalue weighted by Gasteiger charge is -2.34. The zero-order valence-electron chi connectivity index (χ0n) is 30.6. The first-order chi connectivity index (χ1) is 22.5. The molecular weight excluding hydrogens is 584 g/mol. The molecule has 0 unspecified atom stereocenters. The van der Waals surface area contributed by atoms with Crippen LogP contribution in [0.25, 0.3) is 0 Å². The minimum absolute atomic E-state index is 0.298. The smallest absolute Gasteiger partial charge is 0.0558 e. The van der Waals surface area contributed by atoms with Crippen molar-refractivity contribution in [3.05, 3.63) is 0 Å². The number of hydrogen-bond donors (Lipinski definition) is 4. The molecule has 0 saturated carbocycles. The van der Waals surface area contributed by atoms with Gasteiger partial charge in [-0.1, -0.05) is 27.7 Å². The molecule has 4 heterocycles. The molecule has 4 saturated heterocycles. The molecule has 12 heteroatoms. The molecule has 4 aliphatic heterocycles. The highest BCUT2D eigenvalue weighted by molar-refractivity contribution is 4.73. The van der Waals surface area contributed by atoms with Gasteiger partial charge in [0.05, 0.1) is 26.4 Å². The van der Waals surface area contributed by atoms with E-state index in [9.17, 15) is 0 Å². The lowest BCUT2D eigenvalue weighted by atomic mass is 10.3. The van der Waals surface area contributed by atoms with Gasteiger partial charge in [0.2, 0.25) is 0 Å². The van der Waals surface area contributed by atoms with E-state index < -0.39 is 0 Å². The first-order valence-electron chi connectivity index (χ1n) is 18.7. The highest BCUT2D eigenvalue weighted by atomic mass is 16.3. The summed E-state index contributed by atoms with van der Waals surface area (Å²) in [6.45, 7) is 36.5. The molecule has 0 aromatic heterocycles. The van der Waals surface area contributed by atoms with E-state index in [1.54, 1.807) is 0 Å². The molecule has 4 aliphatic rings. The number of rotatable bonds is 14. The van der Waals surface area contributed by atoms with Gasteiger partial charge in [0.1, 0.15) is 0 Å². The fourth-order valence-corrected chi connectivity index (χ4v) is 6.33. The number of hydrogen-bond acceptors (Lipinski definition) is 12. The maximum Gasteiger partial charge on any atom is 0.0558 e. The van der Waals surface area contributed by atoms with Crippen LogP contribution >= 0.6 is 0 Å². The summed E-state index contributed by atoms with van der Waals surface area (Å²) >= 11 is 0. The summed E-state index contributed by atoms with van der Waals surface area (Å²) < 4.78 is 0. The summed E-state index contributed by atoms with van der Waals surface area (Å²) in [6.07, 6.45) is 2.50. The number of aliphatic hydroxyl groups excluding tert-OH is 4. The van der Waals surface area contributed by atoms with Gasteiger partial charge in [0.15, 0.2) is 0 Å². The molecule has 276 valence electrons. The number of aliphatic hydroxyl groups is 4. The third-order valence-electron chi connectivity index (χ3n) is 9.50. The Balaban J connectivity index is 0.000000307. The van der Waals surface area contributed by atoms with Gasteiger partial charge in [-0.25, -0.2) is 0 Å². The summed E-state index contributed by atoms with van der Waals surface area (Å²) in [4.78, 5) is 19.1. The second-order valence-electron chi connectivity index (χ2n) is 12.8. The van der Waals surface area contributed by atoms with E-state index in [0.29, 0.717) is 26.4 Å².